The second-order valence-corrected chi connectivity index (χ2v) is 5.24. The van der Waals surface area contributed by atoms with E-state index in [-0.39, 0.29) is 5.82 Å². The Kier molecular flexibility index (Phi) is 4.50. The third-order valence-corrected chi connectivity index (χ3v) is 3.17. The smallest absolute Gasteiger partial charge is 0.124 e. The molecule has 0 saturated heterocycles. The lowest BCUT2D eigenvalue weighted by Crippen LogP contribution is -2.14. The molecule has 18 heavy (non-hydrogen) atoms. The van der Waals surface area contributed by atoms with Crippen LogP contribution in [0.15, 0.2) is 53.0 Å². The molecule has 0 aliphatic heterocycles. The van der Waals surface area contributed by atoms with Crippen molar-refractivity contribution in [3.8, 4) is 0 Å². The number of hydrogen-bond donors (Lipinski definition) is 1. The van der Waals surface area contributed by atoms with Crippen molar-refractivity contribution in [2.75, 3.05) is 0 Å². The molecule has 0 radical (unpaired) electrons. The van der Waals surface area contributed by atoms with Gasteiger partial charge < -0.3 is 5.11 Å². The number of aliphatic hydroxyl groups excluding tert-OH is 1. The van der Waals surface area contributed by atoms with E-state index in [1.165, 1.54) is 12.1 Å². The molecule has 1 unspecified atom stereocenters. The van der Waals surface area contributed by atoms with Crippen LogP contribution in [0.3, 0.4) is 0 Å². The second-order valence-electron chi connectivity index (χ2n) is 4.33. The van der Waals surface area contributed by atoms with Crippen molar-refractivity contribution in [2.24, 2.45) is 0 Å². The summed E-state index contributed by atoms with van der Waals surface area (Å²) >= 11 is 3.25. The lowest BCUT2D eigenvalue weighted by molar-refractivity contribution is 0.175. The van der Waals surface area contributed by atoms with Crippen molar-refractivity contribution < 1.29 is 9.50 Å². The van der Waals surface area contributed by atoms with Gasteiger partial charge in [-0.15, -0.1) is 0 Å². The van der Waals surface area contributed by atoms with E-state index in [1.54, 1.807) is 0 Å². The number of benzene rings is 2. The van der Waals surface area contributed by atoms with Gasteiger partial charge in [-0.1, -0.05) is 46.3 Å². The highest BCUT2D eigenvalue weighted by Crippen LogP contribution is 2.17. The Bertz CT molecular complexity index is 493. The van der Waals surface area contributed by atoms with Gasteiger partial charge in [0.25, 0.3) is 0 Å². The van der Waals surface area contributed by atoms with Crippen LogP contribution in [0.2, 0.25) is 0 Å². The number of aliphatic hydroxyl groups is 1. The van der Waals surface area contributed by atoms with Crippen LogP contribution in [0.4, 0.5) is 4.39 Å². The molecule has 3 heteroatoms. The lowest BCUT2D eigenvalue weighted by atomic mass is 10.0. The highest BCUT2D eigenvalue weighted by atomic mass is 79.9. The maximum absolute atomic E-state index is 13.2. The summed E-state index contributed by atoms with van der Waals surface area (Å²) in [6, 6.07) is 14.5. The minimum absolute atomic E-state index is 0.286. The third-order valence-electron chi connectivity index (χ3n) is 2.71. The number of rotatable bonds is 4. The zero-order valence-electron chi connectivity index (χ0n) is 9.81. The fraction of sp³-hybridized carbons (Fsp3) is 0.200. The molecule has 0 aromatic heterocycles. The van der Waals surface area contributed by atoms with Crippen LogP contribution in [0.1, 0.15) is 11.1 Å². The molecule has 0 aliphatic carbocycles. The van der Waals surface area contributed by atoms with Crippen LogP contribution in [0.5, 0.6) is 0 Å². The first-order chi connectivity index (χ1) is 8.63. The molecule has 1 N–H and O–H groups in total. The SMILES string of the molecule is OC(Cc1ccccc1)Cc1cc(F)cc(Br)c1. The van der Waals surface area contributed by atoms with Gasteiger partial charge in [-0.05, 0) is 42.2 Å². The Labute approximate surface area is 114 Å². The summed E-state index contributed by atoms with van der Waals surface area (Å²) in [5, 5.41) is 10.0. The van der Waals surface area contributed by atoms with Crippen LogP contribution in [0, 0.1) is 5.82 Å². The molecular formula is C15H14BrFO. The Balaban J connectivity index is 2.01. The van der Waals surface area contributed by atoms with E-state index in [1.807, 2.05) is 36.4 Å². The molecule has 2 aromatic carbocycles. The summed E-state index contributed by atoms with van der Waals surface area (Å²) in [7, 11) is 0. The molecular weight excluding hydrogens is 295 g/mol. The second kappa shape index (κ2) is 6.12. The Morgan fingerprint density at radius 1 is 1.00 bits per heavy atom. The summed E-state index contributed by atoms with van der Waals surface area (Å²) < 4.78 is 13.9. The first kappa shape index (κ1) is 13.2. The number of hydrogen-bond acceptors (Lipinski definition) is 1. The van der Waals surface area contributed by atoms with Gasteiger partial charge in [0, 0.05) is 4.47 Å². The van der Waals surface area contributed by atoms with Crippen molar-refractivity contribution >= 4 is 15.9 Å². The highest BCUT2D eigenvalue weighted by molar-refractivity contribution is 9.10. The highest BCUT2D eigenvalue weighted by Gasteiger charge is 2.08. The third kappa shape index (κ3) is 3.93. The number of halogens is 2. The molecule has 0 spiro atoms. The Morgan fingerprint density at radius 3 is 2.33 bits per heavy atom. The van der Waals surface area contributed by atoms with Crippen LogP contribution in [-0.2, 0) is 12.8 Å². The molecule has 0 saturated carbocycles. The lowest BCUT2D eigenvalue weighted by Gasteiger charge is -2.11. The summed E-state index contributed by atoms with van der Waals surface area (Å²) in [5.41, 5.74) is 1.88. The summed E-state index contributed by atoms with van der Waals surface area (Å²) in [5.74, 6) is -0.286. The largest absolute Gasteiger partial charge is 0.392 e. The summed E-state index contributed by atoms with van der Waals surface area (Å²) in [6.45, 7) is 0. The van der Waals surface area contributed by atoms with Gasteiger partial charge in [0.2, 0.25) is 0 Å². The molecule has 2 rings (SSSR count). The molecule has 0 bridgehead atoms. The van der Waals surface area contributed by atoms with Crippen LogP contribution in [-0.4, -0.2) is 11.2 Å². The first-order valence-corrected chi connectivity index (χ1v) is 6.60. The summed E-state index contributed by atoms with van der Waals surface area (Å²) in [4.78, 5) is 0. The fourth-order valence-corrected chi connectivity index (χ4v) is 2.47. The predicted molar refractivity (Wildman–Crippen MR) is 74.0 cm³/mol. The van der Waals surface area contributed by atoms with E-state index in [0.717, 1.165) is 11.1 Å². The van der Waals surface area contributed by atoms with Gasteiger partial charge in [0.05, 0.1) is 6.10 Å². The average Bonchev–Trinajstić information content (AvgIpc) is 2.28. The maximum atomic E-state index is 13.2. The molecule has 0 heterocycles. The quantitative estimate of drug-likeness (QED) is 0.912. The molecule has 1 nitrogen and oxygen atoms in total. The van der Waals surface area contributed by atoms with Crippen LogP contribution >= 0.6 is 15.9 Å². The van der Waals surface area contributed by atoms with E-state index < -0.39 is 6.10 Å². The Hall–Kier alpha value is -1.19. The van der Waals surface area contributed by atoms with Gasteiger partial charge in [-0.25, -0.2) is 4.39 Å². The summed E-state index contributed by atoms with van der Waals surface area (Å²) in [6.07, 6.45) is 0.529. The zero-order valence-corrected chi connectivity index (χ0v) is 11.4. The molecule has 0 fully saturated rings. The van der Waals surface area contributed by atoms with E-state index in [0.29, 0.717) is 17.3 Å². The molecule has 0 aliphatic rings. The fourth-order valence-electron chi connectivity index (χ4n) is 1.96. The minimum atomic E-state index is -0.499. The van der Waals surface area contributed by atoms with Crippen LogP contribution in [0.25, 0.3) is 0 Å². The van der Waals surface area contributed by atoms with Gasteiger partial charge in [0.15, 0.2) is 0 Å². The van der Waals surface area contributed by atoms with Crippen molar-refractivity contribution in [2.45, 2.75) is 18.9 Å². The van der Waals surface area contributed by atoms with Crippen molar-refractivity contribution in [3.63, 3.8) is 0 Å². The topological polar surface area (TPSA) is 20.2 Å². The van der Waals surface area contributed by atoms with Crippen LogP contribution < -0.4 is 0 Å². The van der Waals surface area contributed by atoms with Gasteiger partial charge in [0.1, 0.15) is 5.82 Å². The molecule has 0 amide bonds. The van der Waals surface area contributed by atoms with E-state index in [4.69, 9.17) is 0 Å². The van der Waals surface area contributed by atoms with Crippen molar-refractivity contribution in [1.29, 1.82) is 0 Å². The van der Waals surface area contributed by atoms with Gasteiger partial charge in [-0.3, -0.25) is 0 Å². The Morgan fingerprint density at radius 2 is 1.67 bits per heavy atom. The average molecular weight is 309 g/mol. The first-order valence-electron chi connectivity index (χ1n) is 5.80. The van der Waals surface area contributed by atoms with Crippen molar-refractivity contribution in [3.05, 3.63) is 69.9 Å². The standard InChI is InChI=1S/C15H14BrFO/c16-13-6-12(7-14(17)10-13)9-15(18)8-11-4-2-1-3-5-11/h1-7,10,15,18H,8-9H2. The van der Waals surface area contributed by atoms with E-state index >= 15 is 0 Å². The van der Waals surface area contributed by atoms with Gasteiger partial charge in [-0.2, -0.15) is 0 Å². The molecule has 2 aromatic rings. The monoisotopic (exact) mass is 308 g/mol. The molecule has 94 valence electrons. The normalized spacial score (nSPS) is 12.4. The zero-order chi connectivity index (χ0) is 13.0. The van der Waals surface area contributed by atoms with E-state index in [9.17, 15) is 9.50 Å². The van der Waals surface area contributed by atoms with Gasteiger partial charge >= 0.3 is 0 Å². The molecule has 1 atom stereocenters. The predicted octanol–water partition coefficient (Wildman–Crippen LogP) is 3.73. The van der Waals surface area contributed by atoms with E-state index in [2.05, 4.69) is 15.9 Å². The maximum Gasteiger partial charge on any atom is 0.124 e. The minimum Gasteiger partial charge on any atom is -0.392 e. The van der Waals surface area contributed by atoms with Crippen molar-refractivity contribution in [1.82, 2.24) is 0 Å².